The largest absolute Gasteiger partial charge is 0.493 e. The van der Waals surface area contributed by atoms with Gasteiger partial charge in [-0.3, -0.25) is 4.79 Å². The predicted octanol–water partition coefficient (Wildman–Crippen LogP) is 5.11. The van der Waals surface area contributed by atoms with Crippen LogP contribution in [0.5, 0.6) is 5.75 Å². The van der Waals surface area contributed by atoms with Crippen LogP contribution in [0.4, 0.5) is 0 Å². The Bertz CT molecular complexity index is 1130. The quantitative estimate of drug-likeness (QED) is 0.396. The second kappa shape index (κ2) is 10.7. The summed E-state index contributed by atoms with van der Waals surface area (Å²) < 4.78 is 12.9. The molecule has 0 radical (unpaired) electrons. The van der Waals surface area contributed by atoms with Gasteiger partial charge in [0, 0.05) is 35.6 Å². The first-order valence-electron chi connectivity index (χ1n) is 9.92. The number of hydrogen-bond acceptors (Lipinski definition) is 6. The maximum Gasteiger partial charge on any atom is 0.303 e. The second-order valence-corrected chi connectivity index (χ2v) is 7.68. The molecule has 4 rings (SSSR count). The minimum absolute atomic E-state index is 0.127. The third kappa shape index (κ3) is 5.51. The number of aliphatic hydroxyl groups is 1. The van der Waals surface area contributed by atoms with Gasteiger partial charge in [-0.15, -0.1) is 11.3 Å². The fraction of sp³-hybridized carbons (Fsp3) is 0.250. The summed E-state index contributed by atoms with van der Waals surface area (Å²) in [6.45, 7) is 2.41. The minimum Gasteiger partial charge on any atom is -0.493 e. The Labute approximate surface area is 184 Å². The first kappa shape index (κ1) is 22.5. The van der Waals surface area contributed by atoms with Gasteiger partial charge in [-0.2, -0.15) is 0 Å². The molecular weight excluding hydrogens is 414 g/mol. The van der Waals surface area contributed by atoms with Gasteiger partial charge >= 0.3 is 5.97 Å². The molecule has 0 amide bonds. The number of aliphatic hydroxyl groups excluding tert-OH is 1. The molecule has 0 saturated carbocycles. The number of rotatable bonds is 8. The van der Waals surface area contributed by atoms with Gasteiger partial charge in [0.25, 0.3) is 0 Å². The van der Waals surface area contributed by atoms with E-state index in [9.17, 15) is 4.79 Å². The van der Waals surface area contributed by atoms with E-state index >= 15 is 0 Å². The van der Waals surface area contributed by atoms with Crippen LogP contribution in [-0.2, 0) is 17.6 Å². The van der Waals surface area contributed by atoms with Gasteiger partial charge < -0.3 is 19.4 Å². The SMILES string of the molecule is CO.Cc1oc(-c2ccccc2)nc1CCOc1ccc(CCC(=O)O)c2sccc12. The normalized spacial score (nSPS) is 10.5. The van der Waals surface area contributed by atoms with Gasteiger partial charge in [0.15, 0.2) is 0 Å². The van der Waals surface area contributed by atoms with E-state index in [2.05, 4.69) is 4.98 Å². The van der Waals surface area contributed by atoms with E-state index in [0.29, 0.717) is 25.3 Å². The lowest BCUT2D eigenvalue weighted by atomic mass is 10.1. The van der Waals surface area contributed by atoms with E-state index in [4.69, 9.17) is 19.4 Å². The maximum atomic E-state index is 10.9. The van der Waals surface area contributed by atoms with Crippen LogP contribution in [0.1, 0.15) is 23.4 Å². The Morgan fingerprint density at radius 3 is 2.61 bits per heavy atom. The van der Waals surface area contributed by atoms with Crippen molar-refractivity contribution in [1.29, 1.82) is 0 Å². The zero-order valence-electron chi connectivity index (χ0n) is 17.5. The van der Waals surface area contributed by atoms with Gasteiger partial charge in [0.2, 0.25) is 5.89 Å². The molecule has 6 nitrogen and oxygen atoms in total. The van der Waals surface area contributed by atoms with Crippen molar-refractivity contribution in [2.24, 2.45) is 0 Å². The van der Waals surface area contributed by atoms with Crippen LogP contribution in [0, 0.1) is 6.92 Å². The van der Waals surface area contributed by atoms with Crippen molar-refractivity contribution < 1.29 is 24.2 Å². The van der Waals surface area contributed by atoms with Gasteiger partial charge in [-0.05, 0) is 48.6 Å². The number of hydrogen-bond donors (Lipinski definition) is 2. The van der Waals surface area contributed by atoms with E-state index in [1.807, 2.05) is 60.8 Å². The molecule has 0 spiro atoms. The van der Waals surface area contributed by atoms with Crippen molar-refractivity contribution in [3.8, 4) is 17.2 Å². The third-order valence-corrected chi connectivity index (χ3v) is 5.77. The number of benzene rings is 2. The molecule has 2 N–H and O–H groups in total. The number of nitrogens with zero attached hydrogens (tertiary/aromatic N) is 1. The van der Waals surface area contributed by atoms with Gasteiger partial charge in [-0.1, -0.05) is 24.3 Å². The molecule has 2 heterocycles. The Morgan fingerprint density at radius 2 is 1.87 bits per heavy atom. The predicted molar refractivity (Wildman–Crippen MR) is 122 cm³/mol. The molecule has 31 heavy (non-hydrogen) atoms. The fourth-order valence-corrected chi connectivity index (χ4v) is 4.24. The molecule has 7 heteroatoms. The Hall–Kier alpha value is -3.16. The average molecular weight is 440 g/mol. The van der Waals surface area contributed by atoms with Crippen LogP contribution in [-0.4, -0.2) is 34.9 Å². The second-order valence-electron chi connectivity index (χ2n) is 6.77. The van der Waals surface area contributed by atoms with Gasteiger partial charge in [-0.25, -0.2) is 4.98 Å². The first-order valence-corrected chi connectivity index (χ1v) is 10.8. The van der Waals surface area contributed by atoms with Crippen molar-refractivity contribution in [2.75, 3.05) is 13.7 Å². The number of thiophene rings is 1. The molecule has 4 aromatic rings. The summed E-state index contributed by atoms with van der Waals surface area (Å²) in [5, 5.41) is 19.0. The van der Waals surface area contributed by atoms with E-state index in [-0.39, 0.29) is 6.42 Å². The highest BCUT2D eigenvalue weighted by molar-refractivity contribution is 7.17. The fourth-order valence-electron chi connectivity index (χ4n) is 3.28. The first-order chi connectivity index (χ1) is 15.1. The molecule has 0 fully saturated rings. The molecule has 0 atom stereocenters. The molecule has 0 saturated heterocycles. The summed E-state index contributed by atoms with van der Waals surface area (Å²) in [5.74, 6) is 1.45. The number of carboxylic acid groups (broad SMARTS) is 1. The van der Waals surface area contributed by atoms with Crippen LogP contribution in [0.3, 0.4) is 0 Å². The molecule has 2 aromatic heterocycles. The lowest BCUT2D eigenvalue weighted by molar-refractivity contribution is -0.136. The molecule has 0 bridgehead atoms. The lowest BCUT2D eigenvalue weighted by Gasteiger charge is -2.09. The van der Waals surface area contributed by atoms with Gasteiger partial charge in [0.1, 0.15) is 11.5 Å². The van der Waals surface area contributed by atoms with Crippen LogP contribution in [0.15, 0.2) is 58.3 Å². The zero-order chi connectivity index (χ0) is 22.2. The van der Waals surface area contributed by atoms with Crippen molar-refractivity contribution in [1.82, 2.24) is 4.98 Å². The number of aliphatic carboxylic acids is 1. The van der Waals surface area contributed by atoms with Crippen molar-refractivity contribution in [3.05, 3.63) is 70.9 Å². The van der Waals surface area contributed by atoms with Crippen molar-refractivity contribution in [3.63, 3.8) is 0 Å². The third-order valence-electron chi connectivity index (χ3n) is 4.78. The summed E-state index contributed by atoms with van der Waals surface area (Å²) in [5.41, 5.74) is 2.90. The number of aromatic nitrogens is 1. The molecular formula is C24H25NO5S. The molecule has 2 aromatic carbocycles. The Kier molecular flexibility index (Phi) is 7.81. The molecule has 0 unspecified atom stereocenters. The summed E-state index contributed by atoms with van der Waals surface area (Å²) in [7, 11) is 1.00. The minimum atomic E-state index is -0.784. The standard InChI is InChI=1S/C23H21NO4S.CH4O/c1-15-19(24-23(28-15)17-5-3-2-4-6-17)11-13-27-20-9-7-16(8-10-21(25)26)22-18(20)12-14-29-22;1-2/h2-7,9,12,14H,8,10-11,13H2,1H3,(H,25,26);2H,1H3. The Morgan fingerprint density at radius 1 is 1.10 bits per heavy atom. The van der Waals surface area contributed by atoms with Crippen LogP contribution >= 0.6 is 11.3 Å². The van der Waals surface area contributed by atoms with E-state index < -0.39 is 5.97 Å². The molecule has 0 aliphatic rings. The zero-order valence-corrected chi connectivity index (χ0v) is 18.3. The molecule has 162 valence electrons. The highest BCUT2D eigenvalue weighted by atomic mass is 32.1. The van der Waals surface area contributed by atoms with Crippen LogP contribution in [0.2, 0.25) is 0 Å². The van der Waals surface area contributed by atoms with Crippen molar-refractivity contribution >= 4 is 27.4 Å². The number of fused-ring (bicyclic) bond motifs is 1. The number of oxazole rings is 1. The highest BCUT2D eigenvalue weighted by Gasteiger charge is 2.13. The maximum absolute atomic E-state index is 10.9. The monoisotopic (exact) mass is 439 g/mol. The Balaban J connectivity index is 0.00000132. The number of aryl methyl sites for hydroxylation is 2. The summed E-state index contributed by atoms with van der Waals surface area (Å²) in [6.07, 6.45) is 1.30. The van der Waals surface area contributed by atoms with Crippen molar-refractivity contribution in [2.45, 2.75) is 26.2 Å². The highest BCUT2D eigenvalue weighted by Crippen LogP contribution is 2.33. The lowest BCUT2D eigenvalue weighted by Crippen LogP contribution is -2.03. The van der Waals surface area contributed by atoms with Gasteiger partial charge in [0.05, 0.1) is 12.3 Å². The molecule has 0 aliphatic heterocycles. The van der Waals surface area contributed by atoms with Crippen LogP contribution in [0.25, 0.3) is 21.5 Å². The van der Waals surface area contributed by atoms with Crippen LogP contribution < -0.4 is 4.74 Å². The number of carboxylic acids is 1. The molecule has 0 aliphatic carbocycles. The van der Waals surface area contributed by atoms with E-state index in [0.717, 1.165) is 45.5 Å². The summed E-state index contributed by atoms with van der Waals surface area (Å²) in [6, 6.07) is 15.8. The number of carbonyl (C=O) groups is 1. The average Bonchev–Trinajstić information content (AvgIpc) is 3.42. The smallest absolute Gasteiger partial charge is 0.303 e. The van der Waals surface area contributed by atoms with E-state index in [1.165, 1.54) is 0 Å². The van der Waals surface area contributed by atoms with E-state index in [1.54, 1.807) is 11.3 Å². The number of ether oxygens (including phenoxy) is 1. The summed E-state index contributed by atoms with van der Waals surface area (Å²) in [4.78, 5) is 15.5. The topological polar surface area (TPSA) is 92.8 Å². The summed E-state index contributed by atoms with van der Waals surface area (Å²) >= 11 is 1.61.